The van der Waals surface area contributed by atoms with Crippen molar-refractivity contribution in [3.05, 3.63) is 0 Å². The van der Waals surface area contributed by atoms with E-state index >= 15 is 0 Å². The number of carbonyl (C=O) groups excluding carboxylic acids is 1. The molecule has 2 aliphatic rings. The van der Waals surface area contributed by atoms with Gasteiger partial charge < -0.3 is 15.2 Å². The molecule has 0 unspecified atom stereocenters. The standard InChI is InChI=1S/C15H25NO4S/c1-21-15(6-8-20-9-7-15)10-16-13(17)11-2-4-12(5-3-11)14(18)19/h11-12H,2-10H2,1H3,(H,16,17)(H,18,19). The van der Waals surface area contributed by atoms with Gasteiger partial charge in [-0.15, -0.1) is 0 Å². The second-order valence-electron chi connectivity index (χ2n) is 6.10. The number of carboxylic acids is 1. The maximum absolute atomic E-state index is 12.3. The highest BCUT2D eigenvalue weighted by molar-refractivity contribution is 8.00. The first-order valence-electron chi connectivity index (χ1n) is 7.70. The van der Waals surface area contributed by atoms with E-state index in [-0.39, 0.29) is 22.5 Å². The van der Waals surface area contributed by atoms with Crippen molar-refractivity contribution in [1.29, 1.82) is 0 Å². The van der Waals surface area contributed by atoms with Crippen molar-refractivity contribution in [3.63, 3.8) is 0 Å². The predicted octanol–water partition coefficient (Wildman–Crippen LogP) is 1.91. The lowest BCUT2D eigenvalue weighted by atomic mass is 9.81. The summed E-state index contributed by atoms with van der Waals surface area (Å²) >= 11 is 1.81. The number of amides is 1. The first kappa shape index (κ1) is 16.6. The molecule has 5 nitrogen and oxygen atoms in total. The van der Waals surface area contributed by atoms with E-state index in [1.165, 1.54) is 0 Å². The van der Waals surface area contributed by atoms with E-state index in [1.54, 1.807) is 0 Å². The number of thioether (sulfide) groups is 1. The third-order valence-corrected chi connectivity index (χ3v) is 6.29. The molecule has 0 aromatic rings. The first-order chi connectivity index (χ1) is 10.1. The molecule has 2 rings (SSSR count). The van der Waals surface area contributed by atoms with Gasteiger partial charge in [-0.2, -0.15) is 11.8 Å². The van der Waals surface area contributed by atoms with E-state index < -0.39 is 5.97 Å². The minimum Gasteiger partial charge on any atom is -0.481 e. The molecule has 2 N–H and O–H groups in total. The van der Waals surface area contributed by atoms with E-state index in [0.717, 1.165) is 26.1 Å². The molecular weight excluding hydrogens is 290 g/mol. The van der Waals surface area contributed by atoms with Crippen LogP contribution in [0.25, 0.3) is 0 Å². The van der Waals surface area contributed by atoms with Crippen LogP contribution in [-0.2, 0) is 14.3 Å². The third kappa shape index (κ3) is 4.36. The highest BCUT2D eigenvalue weighted by Gasteiger charge is 2.34. The molecule has 120 valence electrons. The summed E-state index contributed by atoms with van der Waals surface area (Å²) in [5.41, 5.74) is 0. The smallest absolute Gasteiger partial charge is 0.306 e. The summed E-state index contributed by atoms with van der Waals surface area (Å²) in [6.45, 7) is 2.22. The molecular formula is C15H25NO4S. The zero-order valence-corrected chi connectivity index (χ0v) is 13.4. The summed E-state index contributed by atoms with van der Waals surface area (Å²) in [6, 6.07) is 0. The van der Waals surface area contributed by atoms with Crippen molar-refractivity contribution in [2.24, 2.45) is 11.8 Å². The molecule has 2 fully saturated rings. The fourth-order valence-electron chi connectivity index (χ4n) is 3.19. The van der Waals surface area contributed by atoms with Gasteiger partial charge >= 0.3 is 5.97 Å². The Morgan fingerprint density at radius 2 is 1.76 bits per heavy atom. The lowest BCUT2D eigenvalue weighted by molar-refractivity contribution is -0.144. The van der Waals surface area contributed by atoms with Gasteiger partial charge in [-0.05, 0) is 44.8 Å². The van der Waals surface area contributed by atoms with Crippen LogP contribution in [0.5, 0.6) is 0 Å². The van der Waals surface area contributed by atoms with Gasteiger partial charge in [0.25, 0.3) is 0 Å². The van der Waals surface area contributed by atoms with Crippen LogP contribution < -0.4 is 5.32 Å². The molecule has 0 aromatic carbocycles. The molecule has 0 bridgehead atoms. The van der Waals surface area contributed by atoms with Gasteiger partial charge in [0.15, 0.2) is 0 Å². The number of hydrogen-bond donors (Lipinski definition) is 2. The van der Waals surface area contributed by atoms with Crippen LogP contribution in [0.15, 0.2) is 0 Å². The quantitative estimate of drug-likeness (QED) is 0.810. The molecule has 0 radical (unpaired) electrons. The Morgan fingerprint density at radius 3 is 2.29 bits per heavy atom. The third-order valence-electron chi connectivity index (χ3n) is 4.87. The Bertz CT molecular complexity index is 374. The molecule has 21 heavy (non-hydrogen) atoms. The second kappa shape index (κ2) is 7.49. The summed E-state index contributed by atoms with van der Waals surface area (Å²) in [4.78, 5) is 23.2. The highest BCUT2D eigenvalue weighted by atomic mass is 32.2. The molecule has 1 heterocycles. The number of carboxylic acid groups (broad SMARTS) is 1. The van der Waals surface area contributed by atoms with Gasteiger partial charge in [-0.3, -0.25) is 9.59 Å². The average Bonchev–Trinajstić information content (AvgIpc) is 2.53. The largest absolute Gasteiger partial charge is 0.481 e. The van der Waals surface area contributed by atoms with Gasteiger partial charge in [0.1, 0.15) is 0 Å². The Balaban J connectivity index is 1.78. The average molecular weight is 315 g/mol. The van der Waals surface area contributed by atoms with Gasteiger partial charge in [0.05, 0.1) is 5.92 Å². The predicted molar refractivity (Wildman–Crippen MR) is 82.4 cm³/mol. The number of aliphatic carboxylic acids is 1. The number of carbonyl (C=O) groups is 2. The minimum atomic E-state index is -0.725. The van der Waals surface area contributed by atoms with E-state index in [1.807, 2.05) is 11.8 Å². The Kier molecular flexibility index (Phi) is 5.93. The first-order valence-corrected chi connectivity index (χ1v) is 8.92. The maximum Gasteiger partial charge on any atom is 0.306 e. The zero-order valence-electron chi connectivity index (χ0n) is 12.6. The monoisotopic (exact) mass is 315 g/mol. The van der Waals surface area contributed by atoms with Crippen molar-refractivity contribution in [2.75, 3.05) is 26.0 Å². The van der Waals surface area contributed by atoms with Crippen molar-refractivity contribution in [2.45, 2.75) is 43.3 Å². The molecule has 1 aliphatic carbocycles. The summed E-state index contributed by atoms with van der Waals surface area (Å²) in [5, 5.41) is 12.1. The van der Waals surface area contributed by atoms with Crippen LogP contribution >= 0.6 is 11.8 Å². The normalized spacial score (nSPS) is 28.8. The van der Waals surface area contributed by atoms with Gasteiger partial charge in [0, 0.05) is 30.4 Å². The number of hydrogen-bond acceptors (Lipinski definition) is 4. The Labute approximate surface area is 130 Å². The molecule has 0 aromatic heterocycles. The number of ether oxygens (including phenoxy) is 1. The summed E-state index contributed by atoms with van der Waals surface area (Å²) in [5.74, 6) is -0.905. The van der Waals surface area contributed by atoms with E-state index in [4.69, 9.17) is 9.84 Å². The van der Waals surface area contributed by atoms with Gasteiger partial charge in [0.2, 0.25) is 5.91 Å². The van der Waals surface area contributed by atoms with E-state index in [9.17, 15) is 9.59 Å². The maximum atomic E-state index is 12.3. The van der Waals surface area contributed by atoms with E-state index in [2.05, 4.69) is 11.6 Å². The Hall–Kier alpha value is -0.750. The SMILES string of the molecule is CSC1(CNC(=O)C2CCC(C(=O)O)CC2)CCOCC1. The molecule has 6 heteroatoms. The zero-order chi connectivity index (χ0) is 15.3. The topological polar surface area (TPSA) is 75.6 Å². The fourth-order valence-corrected chi connectivity index (χ4v) is 3.98. The molecule has 0 spiro atoms. The van der Waals surface area contributed by atoms with Crippen LogP contribution in [0.2, 0.25) is 0 Å². The summed E-state index contributed by atoms with van der Waals surface area (Å²) in [7, 11) is 0. The van der Waals surface area contributed by atoms with Crippen molar-refractivity contribution in [1.82, 2.24) is 5.32 Å². The summed E-state index contributed by atoms with van der Waals surface area (Å²) in [6.07, 6.45) is 6.66. The minimum absolute atomic E-state index is 0.0145. The second-order valence-corrected chi connectivity index (χ2v) is 7.38. The number of nitrogens with one attached hydrogen (secondary N) is 1. The number of rotatable bonds is 5. The lowest BCUT2D eigenvalue weighted by Crippen LogP contribution is -2.46. The van der Waals surface area contributed by atoms with Crippen LogP contribution in [0.4, 0.5) is 0 Å². The molecule has 1 saturated heterocycles. The van der Waals surface area contributed by atoms with Crippen LogP contribution in [0.3, 0.4) is 0 Å². The lowest BCUT2D eigenvalue weighted by Gasteiger charge is -2.36. The van der Waals surface area contributed by atoms with Crippen LogP contribution in [0, 0.1) is 11.8 Å². The van der Waals surface area contributed by atoms with Crippen LogP contribution in [0.1, 0.15) is 38.5 Å². The van der Waals surface area contributed by atoms with Crippen LogP contribution in [-0.4, -0.2) is 47.7 Å². The van der Waals surface area contributed by atoms with Crippen molar-refractivity contribution in [3.8, 4) is 0 Å². The van der Waals surface area contributed by atoms with Gasteiger partial charge in [-0.25, -0.2) is 0 Å². The Morgan fingerprint density at radius 1 is 1.19 bits per heavy atom. The van der Waals surface area contributed by atoms with Crippen molar-refractivity contribution >= 4 is 23.6 Å². The summed E-state index contributed by atoms with van der Waals surface area (Å²) < 4.78 is 5.51. The van der Waals surface area contributed by atoms with Gasteiger partial charge in [-0.1, -0.05) is 0 Å². The van der Waals surface area contributed by atoms with Crippen molar-refractivity contribution < 1.29 is 19.4 Å². The van der Waals surface area contributed by atoms with E-state index in [0.29, 0.717) is 32.2 Å². The molecule has 0 atom stereocenters. The molecule has 1 aliphatic heterocycles. The highest BCUT2D eigenvalue weighted by Crippen LogP contribution is 2.34. The molecule has 1 saturated carbocycles. The molecule has 1 amide bonds. The fraction of sp³-hybridized carbons (Fsp3) is 0.867.